The maximum Gasteiger partial charge on any atom is 0.364 e. The van der Waals surface area contributed by atoms with E-state index in [1.165, 1.54) is 0 Å². The summed E-state index contributed by atoms with van der Waals surface area (Å²) in [5.41, 5.74) is 2.64. The van der Waals surface area contributed by atoms with Crippen LogP contribution in [0.15, 0.2) is 24.0 Å². The van der Waals surface area contributed by atoms with Gasteiger partial charge in [0.1, 0.15) is 0 Å². The van der Waals surface area contributed by atoms with Crippen LogP contribution in [0.1, 0.15) is 36.5 Å². The van der Waals surface area contributed by atoms with Crippen LogP contribution >= 0.6 is 0 Å². The topological polar surface area (TPSA) is 37.3 Å². The Kier molecular flexibility index (Phi) is 3.82. The quantitative estimate of drug-likeness (QED) is 0.794. The normalized spacial score (nSPS) is 11.9. The second kappa shape index (κ2) is 4.92. The van der Waals surface area contributed by atoms with E-state index < -0.39 is 11.8 Å². The Morgan fingerprint density at radius 1 is 1.44 bits per heavy atom. The van der Waals surface area contributed by atoms with E-state index in [0.29, 0.717) is 11.5 Å². The van der Waals surface area contributed by atoms with Gasteiger partial charge in [0.15, 0.2) is 0 Å². The molecule has 1 N–H and O–H groups in total. The third-order valence-corrected chi connectivity index (χ3v) is 2.45. The Morgan fingerprint density at radius 3 is 2.50 bits per heavy atom. The second-order valence-electron chi connectivity index (χ2n) is 4.07. The Morgan fingerprint density at radius 2 is 2.06 bits per heavy atom. The zero-order valence-corrected chi connectivity index (χ0v) is 9.62. The highest BCUT2D eigenvalue weighted by molar-refractivity contribution is 5.89. The fraction of sp³-hybridized carbons (Fsp3) is 0.308. The van der Waals surface area contributed by atoms with Crippen molar-refractivity contribution in [3.63, 3.8) is 0 Å². The Bertz CT molecular complexity index is 434. The molecule has 0 atom stereocenters. The van der Waals surface area contributed by atoms with Crippen LogP contribution in [0.4, 0.5) is 4.39 Å². The number of carboxylic acid groups (broad SMARTS) is 1. The van der Waals surface area contributed by atoms with Crippen LogP contribution in [-0.2, 0) is 4.79 Å². The van der Waals surface area contributed by atoms with E-state index in [1.807, 2.05) is 19.1 Å². The minimum atomic E-state index is -1.53. The third kappa shape index (κ3) is 2.92. The van der Waals surface area contributed by atoms with Gasteiger partial charge in [-0.15, -0.1) is 0 Å². The number of hydrogen-bond donors (Lipinski definition) is 1. The van der Waals surface area contributed by atoms with Gasteiger partial charge in [0, 0.05) is 0 Å². The summed E-state index contributed by atoms with van der Waals surface area (Å²) in [6, 6.07) is 5.58. The van der Waals surface area contributed by atoms with E-state index in [9.17, 15) is 9.18 Å². The van der Waals surface area contributed by atoms with Gasteiger partial charge in [0.2, 0.25) is 5.83 Å². The summed E-state index contributed by atoms with van der Waals surface area (Å²) >= 11 is 0. The van der Waals surface area contributed by atoms with Gasteiger partial charge in [-0.1, -0.05) is 32.0 Å². The zero-order valence-electron chi connectivity index (χ0n) is 9.62. The first kappa shape index (κ1) is 12.4. The van der Waals surface area contributed by atoms with Crippen molar-refractivity contribution < 1.29 is 14.3 Å². The monoisotopic (exact) mass is 222 g/mol. The molecule has 0 aliphatic rings. The van der Waals surface area contributed by atoms with Gasteiger partial charge in [0.05, 0.1) is 0 Å². The summed E-state index contributed by atoms with van der Waals surface area (Å²) in [5, 5.41) is 8.43. The molecular weight excluding hydrogens is 207 g/mol. The molecule has 1 aromatic carbocycles. The number of aliphatic carboxylic acids is 1. The van der Waals surface area contributed by atoms with Gasteiger partial charge in [-0.2, -0.15) is 4.39 Å². The lowest BCUT2D eigenvalue weighted by molar-refractivity contribution is -0.134. The van der Waals surface area contributed by atoms with Crippen LogP contribution in [-0.4, -0.2) is 11.1 Å². The van der Waals surface area contributed by atoms with Gasteiger partial charge >= 0.3 is 5.97 Å². The fourth-order valence-electron chi connectivity index (χ4n) is 1.42. The van der Waals surface area contributed by atoms with Crippen molar-refractivity contribution in [3.8, 4) is 0 Å². The second-order valence-corrected chi connectivity index (χ2v) is 4.07. The van der Waals surface area contributed by atoms with Crippen molar-refractivity contribution in [2.24, 2.45) is 0 Å². The number of carbonyl (C=O) groups is 1. The van der Waals surface area contributed by atoms with E-state index in [2.05, 4.69) is 13.8 Å². The van der Waals surface area contributed by atoms with Crippen molar-refractivity contribution in [3.05, 3.63) is 40.7 Å². The number of rotatable bonds is 3. The summed E-state index contributed by atoms with van der Waals surface area (Å²) in [6.45, 7) is 5.98. The molecule has 0 fully saturated rings. The molecule has 2 nitrogen and oxygen atoms in total. The molecule has 0 saturated carbocycles. The van der Waals surface area contributed by atoms with E-state index >= 15 is 0 Å². The Hall–Kier alpha value is -1.64. The lowest BCUT2D eigenvalue weighted by atomic mass is 9.98. The van der Waals surface area contributed by atoms with Crippen LogP contribution in [0.5, 0.6) is 0 Å². The van der Waals surface area contributed by atoms with Crippen molar-refractivity contribution in [1.82, 2.24) is 0 Å². The molecule has 1 aromatic rings. The van der Waals surface area contributed by atoms with Crippen LogP contribution in [0.3, 0.4) is 0 Å². The maximum absolute atomic E-state index is 12.9. The average Bonchev–Trinajstić information content (AvgIpc) is 2.20. The molecule has 0 bridgehead atoms. The van der Waals surface area contributed by atoms with E-state index in [-0.39, 0.29) is 0 Å². The highest BCUT2D eigenvalue weighted by Gasteiger charge is 2.07. The Labute approximate surface area is 94.4 Å². The maximum atomic E-state index is 12.9. The van der Waals surface area contributed by atoms with Gasteiger partial charge in [0.25, 0.3) is 0 Å². The summed E-state index contributed by atoms with van der Waals surface area (Å²) in [6.07, 6.45) is 1.04. The molecule has 0 aromatic heterocycles. The van der Waals surface area contributed by atoms with E-state index in [4.69, 9.17) is 5.11 Å². The van der Waals surface area contributed by atoms with Gasteiger partial charge in [-0.25, -0.2) is 4.79 Å². The number of benzene rings is 1. The lowest BCUT2D eigenvalue weighted by Gasteiger charge is -2.08. The molecule has 0 unspecified atom stereocenters. The minimum absolute atomic E-state index is 0.404. The van der Waals surface area contributed by atoms with Crippen molar-refractivity contribution in [2.45, 2.75) is 26.7 Å². The molecule has 16 heavy (non-hydrogen) atoms. The highest BCUT2D eigenvalue weighted by Crippen LogP contribution is 2.20. The first-order valence-corrected chi connectivity index (χ1v) is 5.13. The Balaban J connectivity index is 3.09. The number of aryl methyl sites for hydroxylation is 1. The molecular formula is C13H15FO2. The predicted octanol–water partition coefficient (Wildman–Crippen LogP) is 3.51. The largest absolute Gasteiger partial charge is 0.476 e. The molecule has 0 aliphatic carbocycles. The first-order valence-electron chi connectivity index (χ1n) is 5.13. The summed E-state index contributed by atoms with van der Waals surface area (Å²) in [7, 11) is 0. The molecule has 0 heterocycles. The van der Waals surface area contributed by atoms with Gasteiger partial charge in [-0.05, 0) is 35.6 Å². The predicted molar refractivity (Wildman–Crippen MR) is 62.0 cm³/mol. The van der Waals surface area contributed by atoms with Gasteiger partial charge < -0.3 is 5.11 Å². The molecule has 0 amide bonds. The van der Waals surface area contributed by atoms with Crippen LogP contribution < -0.4 is 0 Å². The first-order chi connectivity index (χ1) is 7.41. The average molecular weight is 222 g/mol. The number of halogens is 1. The third-order valence-electron chi connectivity index (χ3n) is 2.45. The SMILES string of the molecule is Cc1cc(C(C)C)ccc1/C=C(\F)C(=O)O. The zero-order chi connectivity index (χ0) is 12.3. The summed E-state index contributed by atoms with van der Waals surface area (Å²) in [4.78, 5) is 10.3. The summed E-state index contributed by atoms with van der Waals surface area (Å²) in [5.74, 6) is -2.27. The van der Waals surface area contributed by atoms with Gasteiger partial charge in [-0.3, -0.25) is 0 Å². The molecule has 0 saturated heterocycles. The molecule has 0 spiro atoms. The van der Waals surface area contributed by atoms with Crippen molar-refractivity contribution in [2.75, 3.05) is 0 Å². The van der Waals surface area contributed by atoms with E-state index in [0.717, 1.165) is 17.2 Å². The molecule has 0 radical (unpaired) electrons. The van der Waals surface area contributed by atoms with Crippen LogP contribution in [0.2, 0.25) is 0 Å². The smallest absolute Gasteiger partial charge is 0.364 e. The van der Waals surface area contributed by atoms with E-state index in [1.54, 1.807) is 6.07 Å². The van der Waals surface area contributed by atoms with Crippen molar-refractivity contribution in [1.29, 1.82) is 0 Å². The van der Waals surface area contributed by atoms with Crippen molar-refractivity contribution >= 4 is 12.0 Å². The highest BCUT2D eigenvalue weighted by atomic mass is 19.1. The van der Waals surface area contributed by atoms with Crippen LogP contribution in [0.25, 0.3) is 6.08 Å². The molecule has 0 aliphatic heterocycles. The molecule has 3 heteroatoms. The fourth-order valence-corrected chi connectivity index (χ4v) is 1.42. The molecule has 1 rings (SSSR count). The lowest BCUT2D eigenvalue weighted by Crippen LogP contribution is -1.95. The standard InChI is InChI=1S/C13H15FO2/c1-8(2)10-4-5-11(9(3)6-10)7-12(14)13(15)16/h4-8H,1-3H3,(H,15,16)/b12-7-. The summed E-state index contributed by atoms with van der Waals surface area (Å²) < 4.78 is 12.9. The molecule has 86 valence electrons. The number of carboxylic acids is 1. The van der Waals surface area contributed by atoms with Crippen LogP contribution in [0, 0.1) is 6.92 Å². The minimum Gasteiger partial charge on any atom is -0.476 e. The number of hydrogen-bond acceptors (Lipinski definition) is 1.